The third-order valence-electron chi connectivity index (χ3n) is 5.52. The SMILES string of the molecule is Cc1ccc(C(=O)C2CCN(c3ncnc4ccc(S(C)(=O)=O)cc34)CC2)cc1. The molecule has 1 aliphatic heterocycles. The molecule has 0 aliphatic carbocycles. The summed E-state index contributed by atoms with van der Waals surface area (Å²) in [5.74, 6) is 0.909. The number of rotatable bonds is 4. The average molecular weight is 410 g/mol. The second-order valence-corrected chi connectivity index (χ2v) is 9.66. The van der Waals surface area contributed by atoms with Gasteiger partial charge >= 0.3 is 0 Å². The Bertz CT molecular complexity index is 1170. The van der Waals surface area contributed by atoms with Crippen LogP contribution < -0.4 is 4.90 Å². The number of aryl methyl sites for hydroxylation is 1. The number of Topliss-reactive ketones (excluding diaryl/α,β-unsaturated/α-hetero) is 1. The lowest BCUT2D eigenvalue weighted by Crippen LogP contribution is -2.37. The molecule has 3 aromatic rings. The van der Waals surface area contributed by atoms with Gasteiger partial charge in [0.25, 0.3) is 0 Å². The van der Waals surface area contributed by atoms with Gasteiger partial charge in [-0.15, -0.1) is 0 Å². The summed E-state index contributed by atoms with van der Waals surface area (Å²) in [6.45, 7) is 3.39. The molecule has 7 heteroatoms. The number of hydrogen-bond acceptors (Lipinski definition) is 6. The van der Waals surface area contributed by atoms with E-state index in [0.29, 0.717) is 18.6 Å². The van der Waals surface area contributed by atoms with Crippen molar-refractivity contribution < 1.29 is 13.2 Å². The van der Waals surface area contributed by atoms with Gasteiger partial charge in [0.2, 0.25) is 0 Å². The van der Waals surface area contributed by atoms with Crippen molar-refractivity contribution in [1.29, 1.82) is 0 Å². The molecule has 2 aromatic carbocycles. The Balaban J connectivity index is 1.56. The lowest BCUT2D eigenvalue weighted by molar-refractivity contribution is 0.0900. The molecule has 29 heavy (non-hydrogen) atoms. The lowest BCUT2D eigenvalue weighted by Gasteiger charge is -2.32. The van der Waals surface area contributed by atoms with Crippen molar-refractivity contribution in [2.45, 2.75) is 24.7 Å². The maximum Gasteiger partial charge on any atom is 0.175 e. The summed E-state index contributed by atoms with van der Waals surface area (Å²) in [5, 5.41) is 0.721. The number of carbonyl (C=O) groups is 1. The Morgan fingerprint density at radius 1 is 1.03 bits per heavy atom. The number of benzene rings is 2. The van der Waals surface area contributed by atoms with Gasteiger partial charge < -0.3 is 4.90 Å². The fourth-order valence-corrected chi connectivity index (χ4v) is 4.46. The molecule has 1 saturated heterocycles. The van der Waals surface area contributed by atoms with E-state index in [1.807, 2.05) is 31.2 Å². The molecule has 1 aromatic heterocycles. The lowest BCUT2D eigenvalue weighted by atomic mass is 9.88. The minimum Gasteiger partial charge on any atom is -0.356 e. The molecular formula is C22H23N3O3S. The van der Waals surface area contributed by atoms with Gasteiger partial charge in [0.15, 0.2) is 15.6 Å². The number of aromatic nitrogens is 2. The second kappa shape index (κ2) is 7.55. The summed E-state index contributed by atoms with van der Waals surface area (Å²) in [7, 11) is -3.31. The van der Waals surface area contributed by atoms with Gasteiger partial charge in [-0.3, -0.25) is 4.79 Å². The maximum atomic E-state index is 12.8. The highest BCUT2D eigenvalue weighted by Crippen LogP contribution is 2.30. The van der Waals surface area contributed by atoms with E-state index in [4.69, 9.17) is 0 Å². The van der Waals surface area contributed by atoms with Gasteiger partial charge in [-0.05, 0) is 38.0 Å². The Labute approximate surface area is 170 Å². The highest BCUT2D eigenvalue weighted by atomic mass is 32.2. The van der Waals surface area contributed by atoms with Gasteiger partial charge in [-0.25, -0.2) is 18.4 Å². The van der Waals surface area contributed by atoms with Crippen molar-refractivity contribution in [2.75, 3.05) is 24.2 Å². The smallest absolute Gasteiger partial charge is 0.175 e. The molecule has 1 aliphatic rings. The minimum absolute atomic E-state index is 0.00589. The number of fused-ring (bicyclic) bond motifs is 1. The number of hydrogen-bond donors (Lipinski definition) is 0. The van der Waals surface area contributed by atoms with Crippen LogP contribution in [0.4, 0.5) is 5.82 Å². The molecule has 0 amide bonds. The number of sulfone groups is 1. The van der Waals surface area contributed by atoms with E-state index in [1.54, 1.807) is 18.2 Å². The molecule has 0 unspecified atom stereocenters. The van der Waals surface area contributed by atoms with E-state index >= 15 is 0 Å². The molecule has 0 bridgehead atoms. The molecule has 6 nitrogen and oxygen atoms in total. The molecular weight excluding hydrogens is 386 g/mol. The van der Waals surface area contributed by atoms with Crippen LogP contribution >= 0.6 is 0 Å². The van der Waals surface area contributed by atoms with Crippen molar-refractivity contribution in [3.05, 3.63) is 59.9 Å². The van der Waals surface area contributed by atoms with Gasteiger partial charge in [0.1, 0.15) is 12.1 Å². The largest absolute Gasteiger partial charge is 0.356 e. The summed E-state index contributed by atoms with van der Waals surface area (Å²) in [4.78, 5) is 23.9. The molecule has 0 spiro atoms. The van der Waals surface area contributed by atoms with Crippen LogP contribution in [0.5, 0.6) is 0 Å². The van der Waals surface area contributed by atoms with Crippen molar-refractivity contribution in [2.24, 2.45) is 5.92 Å². The summed E-state index contributed by atoms with van der Waals surface area (Å²) in [6.07, 6.45) is 4.18. The van der Waals surface area contributed by atoms with Crippen LogP contribution in [0.25, 0.3) is 10.9 Å². The van der Waals surface area contributed by atoms with Crippen LogP contribution in [0.1, 0.15) is 28.8 Å². The fourth-order valence-electron chi connectivity index (χ4n) is 3.81. The number of carbonyl (C=O) groups excluding carboxylic acids is 1. The molecule has 2 heterocycles. The Morgan fingerprint density at radius 2 is 1.72 bits per heavy atom. The summed E-state index contributed by atoms with van der Waals surface area (Å²) < 4.78 is 23.9. The molecule has 0 N–H and O–H groups in total. The van der Waals surface area contributed by atoms with Crippen molar-refractivity contribution in [1.82, 2.24) is 9.97 Å². The quantitative estimate of drug-likeness (QED) is 0.614. The zero-order chi connectivity index (χ0) is 20.6. The summed E-state index contributed by atoms with van der Waals surface area (Å²) >= 11 is 0. The number of nitrogens with zero attached hydrogens (tertiary/aromatic N) is 3. The molecule has 4 rings (SSSR count). The van der Waals surface area contributed by atoms with Crippen molar-refractivity contribution >= 4 is 32.3 Å². The first-order valence-electron chi connectivity index (χ1n) is 9.63. The van der Waals surface area contributed by atoms with E-state index in [1.165, 1.54) is 12.6 Å². The summed E-state index contributed by atoms with van der Waals surface area (Å²) in [5.41, 5.74) is 2.61. The molecule has 150 valence electrons. The number of ketones is 1. The van der Waals surface area contributed by atoms with Crippen LogP contribution in [0.15, 0.2) is 53.7 Å². The second-order valence-electron chi connectivity index (χ2n) is 7.64. The van der Waals surface area contributed by atoms with Crippen molar-refractivity contribution in [3.63, 3.8) is 0 Å². The molecule has 0 radical (unpaired) electrons. The number of anilines is 1. The first-order chi connectivity index (χ1) is 13.8. The molecule has 1 fully saturated rings. The maximum absolute atomic E-state index is 12.8. The van der Waals surface area contributed by atoms with Gasteiger partial charge in [-0.1, -0.05) is 29.8 Å². The van der Waals surface area contributed by atoms with Crippen LogP contribution in [0.2, 0.25) is 0 Å². The first kappa shape index (κ1) is 19.5. The first-order valence-corrected chi connectivity index (χ1v) is 11.5. The van der Waals surface area contributed by atoms with Crippen LogP contribution in [-0.2, 0) is 9.84 Å². The van der Waals surface area contributed by atoms with Crippen molar-refractivity contribution in [3.8, 4) is 0 Å². The van der Waals surface area contributed by atoms with E-state index in [0.717, 1.165) is 35.2 Å². The normalized spacial score (nSPS) is 15.6. The zero-order valence-corrected chi connectivity index (χ0v) is 17.3. The topological polar surface area (TPSA) is 80.2 Å². The van der Waals surface area contributed by atoms with E-state index in [9.17, 15) is 13.2 Å². The highest BCUT2D eigenvalue weighted by Gasteiger charge is 2.27. The van der Waals surface area contributed by atoms with E-state index in [2.05, 4.69) is 14.9 Å². The van der Waals surface area contributed by atoms with E-state index in [-0.39, 0.29) is 16.6 Å². The average Bonchev–Trinajstić information content (AvgIpc) is 2.72. The van der Waals surface area contributed by atoms with Crippen LogP contribution in [0, 0.1) is 12.8 Å². The predicted molar refractivity (Wildman–Crippen MR) is 113 cm³/mol. The monoisotopic (exact) mass is 409 g/mol. The molecule has 0 saturated carbocycles. The van der Waals surface area contributed by atoms with Crippen LogP contribution in [-0.4, -0.2) is 43.5 Å². The highest BCUT2D eigenvalue weighted by molar-refractivity contribution is 7.90. The third-order valence-corrected chi connectivity index (χ3v) is 6.63. The zero-order valence-electron chi connectivity index (χ0n) is 16.5. The minimum atomic E-state index is -3.31. The summed E-state index contributed by atoms with van der Waals surface area (Å²) in [6, 6.07) is 12.7. The Kier molecular flexibility index (Phi) is 5.08. The fraction of sp³-hybridized carbons (Fsp3) is 0.318. The third kappa shape index (κ3) is 4.00. The van der Waals surface area contributed by atoms with Gasteiger partial charge in [-0.2, -0.15) is 0 Å². The molecule has 0 atom stereocenters. The Hall–Kier alpha value is -2.80. The number of piperidine rings is 1. The standard InChI is InChI=1S/C22H23N3O3S/c1-15-3-5-16(6-4-15)21(26)17-9-11-25(12-10-17)22-19-13-18(29(2,27)28)7-8-20(19)23-14-24-22/h3-8,13-14,17H,9-12H2,1-2H3. The van der Waals surface area contributed by atoms with E-state index < -0.39 is 9.84 Å². The predicted octanol–water partition coefficient (Wildman–Crippen LogP) is 3.44. The van der Waals surface area contributed by atoms with Gasteiger partial charge in [0, 0.05) is 36.2 Å². The van der Waals surface area contributed by atoms with Gasteiger partial charge in [0.05, 0.1) is 10.4 Å². The van der Waals surface area contributed by atoms with Crippen LogP contribution in [0.3, 0.4) is 0 Å². The Morgan fingerprint density at radius 3 is 2.38 bits per heavy atom.